The Hall–Kier alpha value is -2.93. The Morgan fingerprint density at radius 1 is 1.29 bits per heavy atom. The van der Waals surface area contributed by atoms with Crippen LogP contribution in [0.1, 0.15) is 31.9 Å². The molecular formula is C25H29FN2O5S. The largest absolute Gasteiger partial charge is 0.487 e. The van der Waals surface area contributed by atoms with Crippen molar-refractivity contribution in [2.45, 2.75) is 37.8 Å². The Morgan fingerprint density at radius 3 is 2.65 bits per heavy atom. The van der Waals surface area contributed by atoms with E-state index in [9.17, 15) is 22.7 Å². The summed E-state index contributed by atoms with van der Waals surface area (Å²) in [6, 6.07) is 9.94. The van der Waals surface area contributed by atoms with Gasteiger partial charge in [0.2, 0.25) is 15.9 Å². The molecule has 182 valence electrons. The monoisotopic (exact) mass is 488 g/mol. The van der Waals surface area contributed by atoms with Crippen LogP contribution in [0.3, 0.4) is 0 Å². The van der Waals surface area contributed by atoms with Crippen molar-refractivity contribution in [3.05, 3.63) is 59.4 Å². The van der Waals surface area contributed by atoms with Gasteiger partial charge in [-0.25, -0.2) is 12.8 Å². The van der Waals surface area contributed by atoms with Crippen molar-refractivity contribution < 1.29 is 27.4 Å². The molecule has 2 aromatic rings. The smallest absolute Gasteiger partial charge is 0.247 e. The van der Waals surface area contributed by atoms with Gasteiger partial charge >= 0.3 is 0 Å². The SMILES string of the molecule is CC(=O)N(C)C[C@H]1Oc2cc(C#Cc3ccccc3F)ccc2S(=O)(=O)N([C@@H](C)CO)C[C@H]1C. The second kappa shape index (κ2) is 10.6. The highest BCUT2D eigenvalue weighted by Crippen LogP contribution is 2.34. The second-order valence-electron chi connectivity index (χ2n) is 8.53. The van der Waals surface area contributed by atoms with Gasteiger partial charge in [0.25, 0.3) is 0 Å². The van der Waals surface area contributed by atoms with E-state index >= 15 is 0 Å². The van der Waals surface area contributed by atoms with Crippen molar-refractivity contribution in [3.63, 3.8) is 0 Å². The average Bonchev–Trinajstić information content (AvgIpc) is 2.80. The molecule has 3 atom stereocenters. The zero-order chi connectivity index (χ0) is 25.0. The van der Waals surface area contributed by atoms with E-state index in [0.717, 1.165) is 0 Å². The van der Waals surface area contributed by atoms with Gasteiger partial charge in [0, 0.05) is 38.0 Å². The van der Waals surface area contributed by atoms with Gasteiger partial charge in [0.15, 0.2) is 0 Å². The van der Waals surface area contributed by atoms with E-state index in [1.807, 2.05) is 6.92 Å². The standard InChI is InChI=1S/C25H29FN2O5S/c1-17-14-28(18(2)16-29)34(31,32)25-12-10-20(9-11-21-7-5-6-8-22(21)26)13-23(25)33-24(17)15-27(4)19(3)30/h5-8,10,12-13,17-18,24,29H,14-16H2,1-4H3/t17-,18+,24-/m1/s1. The number of hydrogen-bond acceptors (Lipinski definition) is 5. The molecule has 1 heterocycles. The molecule has 1 aliphatic rings. The molecule has 0 aromatic heterocycles. The summed E-state index contributed by atoms with van der Waals surface area (Å²) in [5.74, 6) is 4.85. The van der Waals surface area contributed by atoms with Crippen molar-refractivity contribution in [2.75, 3.05) is 26.7 Å². The molecule has 0 saturated heterocycles. The highest BCUT2D eigenvalue weighted by molar-refractivity contribution is 7.89. The van der Waals surface area contributed by atoms with E-state index < -0.39 is 28.0 Å². The van der Waals surface area contributed by atoms with Crippen molar-refractivity contribution >= 4 is 15.9 Å². The van der Waals surface area contributed by atoms with Crippen molar-refractivity contribution in [1.82, 2.24) is 9.21 Å². The zero-order valence-corrected chi connectivity index (χ0v) is 20.5. The third-order valence-corrected chi connectivity index (χ3v) is 7.89. The number of nitrogens with zero attached hydrogens (tertiary/aromatic N) is 2. The van der Waals surface area contributed by atoms with Gasteiger partial charge in [-0.1, -0.05) is 30.9 Å². The molecule has 0 fully saturated rings. The molecule has 1 N–H and O–H groups in total. The average molecular weight is 489 g/mol. The van der Waals surface area contributed by atoms with Gasteiger partial charge in [-0.15, -0.1) is 0 Å². The van der Waals surface area contributed by atoms with Crippen molar-refractivity contribution in [2.24, 2.45) is 5.92 Å². The molecular weight excluding hydrogens is 459 g/mol. The molecule has 1 amide bonds. The van der Waals surface area contributed by atoms with E-state index in [-0.39, 0.29) is 47.7 Å². The van der Waals surface area contributed by atoms with Gasteiger partial charge in [-0.3, -0.25) is 4.79 Å². The Balaban J connectivity index is 2.09. The number of amides is 1. The van der Waals surface area contributed by atoms with E-state index in [0.29, 0.717) is 5.56 Å². The molecule has 2 aromatic carbocycles. The van der Waals surface area contributed by atoms with E-state index in [1.54, 1.807) is 32.2 Å². The molecule has 0 spiro atoms. The number of ether oxygens (including phenoxy) is 1. The number of hydrogen-bond donors (Lipinski definition) is 1. The van der Waals surface area contributed by atoms with Gasteiger partial charge in [0.05, 0.1) is 18.7 Å². The summed E-state index contributed by atoms with van der Waals surface area (Å²) in [7, 11) is -2.33. The number of aliphatic hydroxyl groups excluding tert-OH is 1. The fraction of sp³-hybridized carbons (Fsp3) is 0.400. The topological polar surface area (TPSA) is 87.2 Å². The van der Waals surface area contributed by atoms with Crippen LogP contribution in [-0.2, 0) is 14.8 Å². The first kappa shape index (κ1) is 25.7. The highest BCUT2D eigenvalue weighted by Gasteiger charge is 2.38. The third-order valence-electron chi connectivity index (χ3n) is 5.87. The highest BCUT2D eigenvalue weighted by atomic mass is 32.2. The predicted molar refractivity (Wildman–Crippen MR) is 126 cm³/mol. The molecule has 3 rings (SSSR count). The number of halogens is 1. The van der Waals surface area contributed by atoms with Gasteiger partial charge in [0.1, 0.15) is 22.6 Å². The quantitative estimate of drug-likeness (QED) is 0.669. The number of carbonyl (C=O) groups is 1. The lowest BCUT2D eigenvalue weighted by molar-refractivity contribution is -0.129. The van der Waals surface area contributed by atoms with Crippen LogP contribution in [0.2, 0.25) is 0 Å². The van der Waals surface area contributed by atoms with Gasteiger partial charge < -0.3 is 14.7 Å². The number of aliphatic hydroxyl groups is 1. The fourth-order valence-electron chi connectivity index (χ4n) is 3.62. The minimum absolute atomic E-state index is 0.0494. The number of benzene rings is 2. The van der Waals surface area contributed by atoms with E-state index in [2.05, 4.69) is 11.8 Å². The van der Waals surface area contributed by atoms with Gasteiger partial charge in [-0.05, 0) is 37.3 Å². The molecule has 0 aliphatic carbocycles. The molecule has 0 unspecified atom stereocenters. The number of carbonyl (C=O) groups excluding carboxylic acids is 1. The van der Waals surface area contributed by atoms with Crippen LogP contribution in [0.5, 0.6) is 5.75 Å². The van der Waals surface area contributed by atoms with Crippen LogP contribution in [0, 0.1) is 23.6 Å². The van der Waals surface area contributed by atoms with Crippen LogP contribution in [0.25, 0.3) is 0 Å². The minimum atomic E-state index is -3.99. The number of likely N-dealkylation sites (N-methyl/N-ethyl adjacent to an activating group) is 1. The lowest BCUT2D eigenvalue weighted by Crippen LogP contribution is -2.50. The van der Waals surface area contributed by atoms with Crippen LogP contribution in [-0.4, -0.2) is 67.5 Å². The lowest BCUT2D eigenvalue weighted by Gasteiger charge is -2.37. The maximum atomic E-state index is 13.9. The molecule has 0 bridgehead atoms. The summed E-state index contributed by atoms with van der Waals surface area (Å²) in [6.45, 7) is 4.96. The molecule has 34 heavy (non-hydrogen) atoms. The number of rotatable bonds is 4. The molecule has 7 nitrogen and oxygen atoms in total. The Morgan fingerprint density at radius 2 is 2.00 bits per heavy atom. The maximum Gasteiger partial charge on any atom is 0.247 e. The second-order valence-corrected chi connectivity index (χ2v) is 10.4. The molecule has 9 heteroatoms. The van der Waals surface area contributed by atoms with Crippen molar-refractivity contribution in [1.29, 1.82) is 0 Å². The summed E-state index contributed by atoms with van der Waals surface area (Å²) >= 11 is 0. The Kier molecular flexibility index (Phi) is 7.97. The van der Waals surface area contributed by atoms with Crippen LogP contribution < -0.4 is 4.74 Å². The molecule has 0 radical (unpaired) electrons. The zero-order valence-electron chi connectivity index (χ0n) is 19.7. The van der Waals surface area contributed by atoms with Crippen molar-refractivity contribution in [3.8, 4) is 17.6 Å². The third kappa shape index (κ3) is 5.58. The minimum Gasteiger partial charge on any atom is -0.487 e. The first-order valence-corrected chi connectivity index (χ1v) is 12.4. The normalized spacial score (nSPS) is 20.5. The summed E-state index contributed by atoms with van der Waals surface area (Å²) in [5, 5.41) is 9.71. The van der Waals surface area contributed by atoms with Gasteiger partial charge in [-0.2, -0.15) is 4.31 Å². The van der Waals surface area contributed by atoms with E-state index in [4.69, 9.17) is 4.74 Å². The lowest BCUT2D eigenvalue weighted by atomic mass is 10.0. The molecule has 0 saturated carbocycles. The number of sulfonamides is 1. The summed E-state index contributed by atoms with van der Waals surface area (Å²) in [6.07, 6.45) is -0.508. The first-order valence-electron chi connectivity index (χ1n) is 11.0. The van der Waals surface area contributed by atoms with Crippen LogP contribution >= 0.6 is 0 Å². The van der Waals surface area contributed by atoms with Crippen LogP contribution in [0.4, 0.5) is 4.39 Å². The maximum absolute atomic E-state index is 13.9. The van der Waals surface area contributed by atoms with E-state index in [1.165, 1.54) is 40.4 Å². The Labute approximate surface area is 200 Å². The summed E-state index contributed by atoms with van der Waals surface area (Å²) < 4.78 is 48.3. The summed E-state index contributed by atoms with van der Waals surface area (Å²) in [4.78, 5) is 13.3. The predicted octanol–water partition coefficient (Wildman–Crippen LogP) is 2.47. The summed E-state index contributed by atoms with van der Waals surface area (Å²) in [5.41, 5.74) is 0.672. The fourth-order valence-corrected chi connectivity index (χ4v) is 5.45. The molecule has 1 aliphatic heterocycles. The van der Waals surface area contributed by atoms with Crippen LogP contribution in [0.15, 0.2) is 47.4 Å². The number of fused-ring (bicyclic) bond motifs is 1. The first-order chi connectivity index (χ1) is 16.0. The Bertz CT molecular complexity index is 1220.